The lowest BCUT2D eigenvalue weighted by Gasteiger charge is -2.23. The van der Waals surface area contributed by atoms with Gasteiger partial charge in [-0.05, 0) is 60.7 Å². The lowest BCUT2D eigenvalue weighted by atomic mass is 9.96. The number of hydrogen-bond donors (Lipinski definition) is 1. The summed E-state index contributed by atoms with van der Waals surface area (Å²) in [6, 6.07) is 14.5. The molecule has 0 aliphatic carbocycles. The van der Waals surface area contributed by atoms with Crippen LogP contribution in [0, 0.1) is 0 Å². The van der Waals surface area contributed by atoms with Crippen molar-refractivity contribution in [3.05, 3.63) is 66.7 Å². The maximum atomic E-state index is 12.6. The Labute approximate surface area is 176 Å². The van der Waals surface area contributed by atoms with E-state index in [2.05, 4.69) is 33.6 Å². The zero-order chi connectivity index (χ0) is 19.1. The molecule has 0 unspecified atom stereocenters. The number of hydrogen-bond acceptors (Lipinski definition) is 4. The van der Waals surface area contributed by atoms with Crippen molar-refractivity contribution in [3.8, 4) is 16.8 Å². The molecule has 29 heavy (non-hydrogen) atoms. The summed E-state index contributed by atoms with van der Waals surface area (Å²) in [4.78, 5) is 19.0. The highest BCUT2D eigenvalue weighted by Gasteiger charge is 2.50. The van der Waals surface area contributed by atoms with Gasteiger partial charge in [-0.15, -0.1) is 12.4 Å². The summed E-state index contributed by atoms with van der Waals surface area (Å²) in [5.74, 6) is 0.220. The van der Waals surface area contributed by atoms with Gasteiger partial charge in [0.1, 0.15) is 5.54 Å². The molecule has 5 rings (SSSR count). The van der Waals surface area contributed by atoms with Crippen molar-refractivity contribution in [2.24, 2.45) is 0 Å². The molecule has 3 aromatic rings. The third-order valence-electron chi connectivity index (χ3n) is 6.03. The van der Waals surface area contributed by atoms with Crippen molar-refractivity contribution in [1.82, 2.24) is 25.0 Å². The molecule has 2 aliphatic rings. The van der Waals surface area contributed by atoms with Gasteiger partial charge in [0.2, 0.25) is 5.91 Å². The molecule has 1 spiro atoms. The van der Waals surface area contributed by atoms with Crippen LogP contribution in [0.5, 0.6) is 0 Å². The van der Waals surface area contributed by atoms with E-state index < -0.39 is 5.54 Å². The van der Waals surface area contributed by atoms with E-state index in [1.165, 1.54) is 0 Å². The molecule has 2 aliphatic heterocycles. The van der Waals surface area contributed by atoms with Crippen LogP contribution in [-0.2, 0) is 4.79 Å². The second-order valence-electron chi connectivity index (χ2n) is 7.76. The molecule has 2 atom stereocenters. The van der Waals surface area contributed by atoms with Crippen LogP contribution in [0.2, 0.25) is 0 Å². The van der Waals surface area contributed by atoms with E-state index in [1.54, 1.807) is 6.20 Å². The predicted molar refractivity (Wildman–Crippen MR) is 114 cm³/mol. The molecule has 1 N–H and O–H groups in total. The standard InChI is InChI=1S/C22H23N5O.ClH/c1-26-13-9-22(21(26)28)8-6-19(25-22)20-15-17(7-11-23-20)16-4-2-5-18(14-16)27-12-3-10-24-27;/h2-5,7,10-12,14-15,19,25H,6,8-9,13H2,1H3;1H/t19-,22+;/m1./s1. The zero-order valence-electron chi connectivity index (χ0n) is 16.3. The van der Waals surface area contributed by atoms with Crippen molar-refractivity contribution >= 4 is 18.3 Å². The zero-order valence-corrected chi connectivity index (χ0v) is 17.1. The summed E-state index contributed by atoms with van der Waals surface area (Å²) >= 11 is 0. The van der Waals surface area contributed by atoms with Gasteiger partial charge < -0.3 is 4.90 Å². The van der Waals surface area contributed by atoms with Crippen LogP contribution in [0.3, 0.4) is 0 Å². The molecule has 2 fully saturated rings. The Balaban J connectivity index is 0.00000205. The lowest BCUT2D eigenvalue weighted by Crippen LogP contribution is -2.47. The molecule has 0 saturated carbocycles. The van der Waals surface area contributed by atoms with E-state index in [-0.39, 0.29) is 24.4 Å². The van der Waals surface area contributed by atoms with Gasteiger partial charge in [-0.2, -0.15) is 5.10 Å². The molecule has 1 amide bonds. The van der Waals surface area contributed by atoms with Gasteiger partial charge in [-0.3, -0.25) is 15.1 Å². The van der Waals surface area contributed by atoms with E-state index in [9.17, 15) is 4.79 Å². The van der Waals surface area contributed by atoms with Crippen LogP contribution in [0.15, 0.2) is 61.1 Å². The number of benzene rings is 1. The predicted octanol–water partition coefficient (Wildman–Crippen LogP) is 3.38. The van der Waals surface area contributed by atoms with Gasteiger partial charge in [0, 0.05) is 32.2 Å². The van der Waals surface area contributed by atoms with Gasteiger partial charge in [0.05, 0.1) is 17.4 Å². The van der Waals surface area contributed by atoms with E-state index in [4.69, 9.17) is 0 Å². The minimum Gasteiger partial charge on any atom is -0.344 e. The number of likely N-dealkylation sites (tertiary alicyclic amines) is 1. The number of pyridine rings is 1. The van der Waals surface area contributed by atoms with Crippen molar-refractivity contribution in [2.75, 3.05) is 13.6 Å². The molecular weight excluding hydrogens is 386 g/mol. The molecule has 4 heterocycles. The van der Waals surface area contributed by atoms with Crippen LogP contribution in [0.25, 0.3) is 16.8 Å². The van der Waals surface area contributed by atoms with Gasteiger partial charge in [-0.25, -0.2) is 4.68 Å². The number of carbonyl (C=O) groups excluding carboxylic acids is 1. The molecule has 2 saturated heterocycles. The Kier molecular flexibility index (Phi) is 5.15. The molecule has 6 nitrogen and oxygen atoms in total. The van der Waals surface area contributed by atoms with Gasteiger partial charge >= 0.3 is 0 Å². The molecule has 150 valence electrons. The number of amides is 1. The number of nitrogens with one attached hydrogen (secondary N) is 1. The molecule has 0 bridgehead atoms. The SMILES string of the molecule is CN1CC[C@@]2(CC[C@H](c3cc(-c4cccc(-n5cccn5)c4)ccn3)N2)C1=O.Cl. The fourth-order valence-electron chi connectivity index (χ4n) is 4.46. The Morgan fingerprint density at radius 2 is 1.97 bits per heavy atom. The van der Waals surface area contributed by atoms with E-state index >= 15 is 0 Å². The Morgan fingerprint density at radius 1 is 1.10 bits per heavy atom. The highest BCUT2D eigenvalue weighted by molar-refractivity contribution is 5.88. The minimum atomic E-state index is -0.392. The molecular formula is C22H24ClN5O. The Bertz CT molecular complexity index is 1020. The first-order chi connectivity index (χ1) is 13.6. The van der Waals surface area contributed by atoms with Crippen LogP contribution >= 0.6 is 12.4 Å². The number of likely N-dealkylation sites (N-methyl/N-ethyl adjacent to an activating group) is 1. The number of rotatable bonds is 3. The Hall–Kier alpha value is -2.70. The fraction of sp³-hybridized carbons (Fsp3) is 0.318. The summed E-state index contributed by atoms with van der Waals surface area (Å²) < 4.78 is 1.86. The average molecular weight is 410 g/mol. The van der Waals surface area contributed by atoms with Crippen LogP contribution in [0.1, 0.15) is 31.0 Å². The van der Waals surface area contributed by atoms with Gasteiger partial charge in [0.25, 0.3) is 0 Å². The number of aromatic nitrogens is 3. The van der Waals surface area contributed by atoms with E-state index in [0.29, 0.717) is 0 Å². The maximum absolute atomic E-state index is 12.6. The summed E-state index contributed by atoms with van der Waals surface area (Å²) in [6.45, 7) is 0.826. The quantitative estimate of drug-likeness (QED) is 0.720. The van der Waals surface area contributed by atoms with Crippen LogP contribution in [-0.4, -0.2) is 44.7 Å². The second-order valence-corrected chi connectivity index (χ2v) is 7.76. The first kappa shape index (κ1) is 19.6. The first-order valence-electron chi connectivity index (χ1n) is 9.74. The minimum absolute atomic E-state index is 0. The summed E-state index contributed by atoms with van der Waals surface area (Å²) in [6.07, 6.45) is 8.27. The van der Waals surface area contributed by atoms with Crippen LogP contribution < -0.4 is 5.32 Å². The third-order valence-corrected chi connectivity index (χ3v) is 6.03. The lowest BCUT2D eigenvalue weighted by molar-refractivity contribution is -0.131. The van der Waals surface area contributed by atoms with Gasteiger partial charge in [-0.1, -0.05) is 12.1 Å². The Morgan fingerprint density at radius 3 is 2.72 bits per heavy atom. The fourth-order valence-corrected chi connectivity index (χ4v) is 4.46. The molecule has 7 heteroatoms. The highest BCUT2D eigenvalue weighted by atomic mass is 35.5. The monoisotopic (exact) mass is 409 g/mol. The van der Waals surface area contributed by atoms with Crippen LogP contribution in [0.4, 0.5) is 0 Å². The molecule has 1 aromatic carbocycles. The first-order valence-corrected chi connectivity index (χ1v) is 9.74. The largest absolute Gasteiger partial charge is 0.344 e. The second kappa shape index (κ2) is 7.61. The third kappa shape index (κ3) is 3.43. The smallest absolute Gasteiger partial charge is 0.242 e. The maximum Gasteiger partial charge on any atom is 0.242 e. The normalized spacial score (nSPS) is 23.6. The van der Waals surface area contributed by atoms with Crippen molar-refractivity contribution in [2.45, 2.75) is 30.8 Å². The van der Waals surface area contributed by atoms with Crippen molar-refractivity contribution in [3.63, 3.8) is 0 Å². The van der Waals surface area contributed by atoms with Crippen molar-refractivity contribution < 1.29 is 4.79 Å². The van der Waals surface area contributed by atoms with E-state index in [0.717, 1.165) is 48.3 Å². The number of halogens is 1. The van der Waals surface area contributed by atoms with Crippen molar-refractivity contribution in [1.29, 1.82) is 0 Å². The highest BCUT2D eigenvalue weighted by Crippen LogP contribution is 2.39. The van der Waals surface area contributed by atoms with Gasteiger partial charge in [0.15, 0.2) is 0 Å². The topological polar surface area (TPSA) is 63.1 Å². The molecule has 0 radical (unpaired) electrons. The molecule has 2 aromatic heterocycles. The summed E-state index contributed by atoms with van der Waals surface area (Å²) in [5, 5.41) is 7.92. The average Bonchev–Trinajstić information content (AvgIpc) is 3.47. The number of nitrogens with zero attached hydrogens (tertiary/aromatic N) is 4. The van der Waals surface area contributed by atoms with E-state index in [1.807, 2.05) is 53.3 Å². The summed E-state index contributed by atoms with van der Waals surface area (Å²) in [7, 11) is 1.89. The summed E-state index contributed by atoms with van der Waals surface area (Å²) in [5.41, 5.74) is 3.88. The number of carbonyl (C=O) groups is 1.